The molecule has 12 heavy (non-hydrogen) atoms. The van der Waals surface area contributed by atoms with E-state index in [2.05, 4.69) is 9.72 Å². The molecule has 0 saturated carbocycles. The minimum atomic E-state index is -0.300. The highest BCUT2D eigenvalue weighted by Gasteiger charge is 2.10. The molecule has 0 unspecified atom stereocenters. The number of aryl methyl sites for hydroxylation is 2. The van der Waals surface area contributed by atoms with E-state index in [4.69, 9.17) is 4.42 Å². The number of esters is 1. The van der Waals surface area contributed by atoms with E-state index >= 15 is 0 Å². The van der Waals surface area contributed by atoms with Crippen LogP contribution < -0.4 is 0 Å². The minimum absolute atomic E-state index is 0.180. The predicted octanol–water partition coefficient (Wildman–Crippen LogP) is 1.01. The average Bonchev–Trinajstić information content (AvgIpc) is 2.30. The summed E-state index contributed by atoms with van der Waals surface area (Å²) in [4.78, 5) is 14.9. The van der Waals surface area contributed by atoms with Gasteiger partial charge in [0.05, 0.1) is 19.2 Å². The van der Waals surface area contributed by atoms with E-state index in [1.165, 1.54) is 7.11 Å². The van der Waals surface area contributed by atoms with E-state index in [0.717, 1.165) is 0 Å². The molecule has 66 valence electrons. The van der Waals surface area contributed by atoms with E-state index < -0.39 is 0 Å². The number of nitrogens with zero attached hydrogens (tertiary/aromatic N) is 1. The lowest BCUT2D eigenvalue weighted by Gasteiger charge is -1.94. The molecule has 4 nitrogen and oxygen atoms in total. The van der Waals surface area contributed by atoms with Crippen molar-refractivity contribution in [1.29, 1.82) is 0 Å². The van der Waals surface area contributed by atoms with Gasteiger partial charge in [0, 0.05) is 6.92 Å². The maximum atomic E-state index is 10.8. The summed E-state index contributed by atoms with van der Waals surface area (Å²) in [5.74, 6) is 0.954. The number of oxazole rings is 1. The molecule has 0 amide bonds. The Bertz CT molecular complexity index is 290. The van der Waals surface area contributed by atoms with Gasteiger partial charge in [-0.3, -0.25) is 4.79 Å². The summed E-state index contributed by atoms with van der Waals surface area (Å²) < 4.78 is 9.64. The van der Waals surface area contributed by atoms with E-state index in [-0.39, 0.29) is 12.4 Å². The SMILES string of the molecule is COC(=O)Cc1nc(C)oc1C. The van der Waals surface area contributed by atoms with Crippen molar-refractivity contribution in [3.05, 3.63) is 17.3 Å². The quantitative estimate of drug-likeness (QED) is 0.620. The molecular formula is C8H11NO3. The van der Waals surface area contributed by atoms with E-state index in [0.29, 0.717) is 17.3 Å². The van der Waals surface area contributed by atoms with Gasteiger partial charge in [-0.1, -0.05) is 0 Å². The van der Waals surface area contributed by atoms with Crippen molar-refractivity contribution < 1.29 is 13.9 Å². The lowest BCUT2D eigenvalue weighted by Crippen LogP contribution is -2.05. The smallest absolute Gasteiger partial charge is 0.311 e. The highest BCUT2D eigenvalue weighted by molar-refractivity contribution is 5.71. The van der Waals surface area contributed by atoms with Crippen molar-refractivity contribution in [1.82, 2.24) is 4.98 Å². The van der Waals surface area contributed by atoms with Crippen molar-refractivity contribution in [3.8, 4) is 0 Å². The van der Waals surface area contributed by atoms with Crippen LogP contribution >= 0.6 is 0 Å². The van der Waals surface area contributed by atoms with Crippen LogP contribution in [0.4, 0.5) is 0 Å². The normalized spacial score (nSPS) is 9.92. The van der Waals surface area contributed by atoms with Gasteiger partial charge in [0.15, 0.2) is 5.89 Å². The molecule has 0 spiro atoms. The summed E-state index contributed by atoms with van der Waals surface area (Å²) in [6.07, 6.45) is 0.180. The van der Waals surface area contributed by atoms with Gasteiger partial charge < -0.3 is 9.15 Å². The van der Waals surface area contributed by atoms with Crippen LogP contribution in [0.15, 0.2) is 4.42 Å². The van der Waals surface area contributed by atoms with Crippen molar-refractivity contribution in [2.24, 2.45) is 0 Å². The first-order valence-corrected chi connectivity index (χ1v) is 3.63. The zero-order chi connectivity index (χ0) is 9.14. The van der Waals surface area contributed by atoms with Crippen molar-refractivity contribution in [2.75, 3.05) is 7.11 Å². The maximum Gasteiger partial charge on any atom is 0.311 e. The van der Waals surface area contributed by atoms with Crippen LogP contribution in [0.2, 0.25) is 0 Å². The van der Waals surface area contributed by atoms with Crippen LogP contribution in [-0.2, 0) is 16.0 Å². The Hall–Kier alpha value is -1.32. The fraction of sp³-hybridized carbons (Fsp3) is 0.500. The second kappa shape index (κ2) is 3.38. The first-order valence-electron chi connectivity index (χ1n) is 3.63. The number of hydrogen-bond donors (Lipinski definition) is 0. The number of rotatable bonds is 2. The fourth-order valence-corrected chi connectivity index (χ4v) is 0.945. The Kier molecular flexibility index (Phi) is 2.47. The van der Waals surface area contributed by atoms with Gasteiger partial charge in [-0.15, -0.1) is 0 Å². The number of hydrogen-bond acceptors (Lipinski definition) is 4. The standard InChI is InChI=1S/C8H11NO3/c1-5-7(4-8(10)11-3)9-6(2)12-5/h4H2,1-3H3. The summed E-state index contributed by atoms with van der Waals surface area (Å²) >= 11 is 0. The van der Waals surface area contributed by atoms with Gasteiger partial charge in [-0.2, -0.15) is 0 Å². The molecule has 0 radical (unpaired) electrons. The van der Waals surface area contributed by atoms with Gasteiger partial charge >= 0.3 is 5.97 Å². The van der Waals surface area contributed by atoms with E-state index in [9.17, 15) is 4.79 Å². The van der Waals surface area contributed by atoms with Gasteiger partial charge in [0.25, 0.3) is 0 Å². The molecule has 0 fully saturated rings. The molecule has 1 heterocycles. The highest BCUT2D eigenvalue weighted by Crippen LogP contribution is 2.09. The van der Waals surface area contributed by atoms with Crippen LogP contribution in [0.5, 0.6) is 0 Å². The van der Waals surface area contributed by atoms with E-state index in [1.54, 1.807) is 13.8 Å². The molecule has 1 aromatic rings. The molecule has 4 heteroatoms. The molecule has 0 bridgehead atoms. The van der Waals surface area contributed by atoms with Gasteiger partial charge in [0.2, 0.25) is 0 Å². The Morgan fingerprint density at radius 3 is 2.67 bits per heavy atom. The second-order valence-corrected chi connectivity index (χ2v) is 2.49. The topological polar surface area (TPSA) is 52.3 Å². The van der Waals surface area contributed by atoms with E-state index in [1.807, 2.05) is 0 Å². The zero-order valence-corrected chi connectivity index (χ0v) is 7.38. The Balaban J connectivity index is 2.75. The molecule has 0 aromatic carbocycles. The molecule has 0 N–H and O–H groups in total. The molecule has 0 atom stereocenters. The fourth-order valence-electron chi connectivity index (χ4n) is 0.945. The van der Waals surface area contributed by atoms with Crippen LogP contribution in [0.3, 0.4) is 0 Å². The predicted molar refractivity (Wildman–Crippen MR) is 41.7 cm³/mol. The monoisotopic (exact) mass is 169 g/mol. The zero-order valence-electron chi connectivity index (χ0n) is 7.38. The van der Waals surface area contributed by atoms with Gasteiger partial charge in [-0.25, -0.2) is 4.98 Å². The summed E-state index contributed by atoms with van der Waals surface area (Å²) in [6.45, 7) is 3.52. The van der Waals surface area contributed by atoms with Crippen LogP contribution in [0, 0.1) is 13.8 Å². The maximum absolute atomic E-state index is 10.8. The molecule has 0 aliphatic carbocycles. The molecule has 1 rings (SSSR count). The first kappa shape index (κ1) is 8.77. The van der Waals surface area contributed by atoms with Gasteiger partial charge in [-0.05, 0) is 6.92 Å². The molecule has 0 saturated heterocycles. The number of carbonyl (C=O) groups is 1. The number of carbonyl (C=O) groups excluding carboxylic acids is 1. The highest BCUT2D eigenvalue weighted by atomic mass is 16.5. The summed E-state index contributed by atoms with van der Waals surface area (Å²) in [7, 11) is 1.35. The third kappa shape index (κ3) is 1.84. The number of aromatic nitrogens is 1. The van der Waals surface area contributed by atoms with Crippen LogP contribution in [0.1, 0.15) is 17.3 Å². The Morgan fingerprint density at radius 2 is 2.25 bits per heavy atom. The summed E-state index contributed by atoms with van der Waals surface area (Å²) in [5.41, 5.74) is 0.652. The van der Waals surface area contributed by atoms with Crippen LogP contribution in [0.25, 0.3) is 0 Å². The summed E-state index contributed by atoms with van der Waals surface area (Å²) in [5, 5.41) is 0. The number of ether oxygens (including phenoxy) is 1. The van der Waals surface area contributed by atoms with Crippen molar-refractivity contribution in [2.45, 2.75) is 20.3 Å². The summed E-state index contributed by atoms with van der Waals surface area (Å²) in [6, 6.07) is 0. The lowest BCUT2D eigenvalue weighted by molar-refractivity contribution is -0.139. The molecular weight excluding hydrogens is 158 g/mol. The first-order chi connectivity index (χ1) is 5.63. The van der Waals surface area contributed by atoms with Crippen LogP contribution in [-0.4, -0.2) is 18.1 Å². The molecule has 0 aliphatic heterocycles. The van der Waals surface area contributed by atoms with Gasteiger partial charge in [0.1, 0.15) is 5.76 Å². The third-order valence-electron chi connectivity index (χ3n) is 1.54. The average molecular weight is 169 g/mol. The third-order valence-corrected chi connectivity index (χ3v) is 1.54. The Labute approximate surface area is 70.5 Å². The minimum Gasteiger partial charge on any atom is -0.469 e. The Morgan fingerprint density at radius 1 is 1.58 bits per heavy atom. The largest absolute Gasteiger partial charge is 0.469 e. The molecule has 0 aliphatic rings. The van der Waals surface area contributed by atoms with Crippen molar-refractivity contribution in [3.63, 3.8) is 0 Å². The number of methoxy groups -OCH3 is 1. The second-order valence-electron chi connectivity index (χ2n) is 2.49. The van der Waals surface area contributed by atoms with Crippen molar-refractivity contribution >= 4 is 5.97 Å². The molecule has 1 aromatic heterocycles. The lowest BCUT2D eigenvalue weighted by atomic mass is 10.3.